The van der Waals surface area contributed by atoms with Crippen molar-refractivity contribution in [2.24, 2.45) is 0 Å². The van der Waals surface area contributed by atoms with E-state index in [0.717, 1.165) is 0 Å². The second-order valence-electron chi connectivity index (χ2n) is 4.00. The molecule has 0 spiro atoms. The first kappa shape index (κ1) is 12.7. The van der Waals surface area contributed by atoms with Gasteiger partial charge in [0.25, 0.3) is 0 Å². The van der Waals surface area contributed by atoms with Crippen molar-refractivity contribution in [2.75, 3.05) is 0 Å². The van der Waals surface area contributed by atoms with Gasteiger partial charge in [-0.3, -0.25) is 0 Å². The maximum absolute atomic E-state index is 13.5. The zero-order chi connectivity index (χ0) is 13.6. The van der Waals surface area contributed by atoms with Gasteiger partial charge in [-0.05, 0) is 56.1 Å². The van der Waals surface area contributed by atoms with Crippen LogP contribution in [-0.4, -0.2) is 9.97 Å². The minimum Gasteiger partial charge on any atom is -0.338 e. The van der Waals surface area contributed by atoms with Crippen molar-refractivity contribution in [3.8, 4) is 11.4 Å². The smallest absolute Gasteiger partial charge is 0.139 e. The Morgan fingerprint density at radius 1 is 0.947 bits per heavy atom. The van der Waals surface area contributed by atoms with Crippen LogP contribution in [0.15, 0.2) is 39.3 Å². The number of imidazole rings is 1. The number of halogens is 4. The fourth-order valence-corrected chi connectivity index (χ4v) is 2.36. The molecule has 0 unspecified atom stereocenters. The normalized spacial score (nSPS) is 11.2. The summed E-state index contributed by atoms with van der Waals surface area (Å²) in [4.78, 5) is 7.29. The van der Waals surface area contributed by atoms with Crippen LogP contribution in [0.3, 0.4) is 0 Å². The average Bonchev–Trinajstić information content (AvgIpc) is 2.76. The number of benzene rings is 2. The Morgan fingerprint density at radius 2 is 1.68 bits per heavy atom. The maximum Gasteiger partial charge on any atom is 0.139 e. The molecule has 0 atom stereocenters. The van der Waals surface area contributed by atoms with Gasteiger partial charge >= 0.3 is 0 Å². The molecule has 96 valence electrons. The lowest BCUT2D eigenvalue weighted by molar-refractivity contribution is 0.621. The number of nitrogens with zero attached hydrogens (tertiary/aromatic N) is 1. The molecule has 0 aliphatic heterocycles. The molecule has 0 saturated carbocycles. The molecule has 3 aromatic rings. The van der Waals surface area contributed by atoms with Crippen molar-refractivity contribution in [2.45, 2.75) is 0 Å². The van der Waals surface area contributed by atoms with Gasteiger partial charge in [-0.1, -0.05) is 0 Å². The van der Waals surface area contributed by atoms with E-state index in [-0.39, 0.29) is 11.6 Å². The number of rotatable bonds is 1. The quantitative estimate of drug-likeness (QED) is 0.623. The minimum atomic E-state index is -0.371. The number of aromatic nitrogens is 2. The monoisotopic (exact) mass is 386 g/mol. The Kier molecular flexibility index (Phi) is 3.14. The molecule has 6 heteroatoms. The van der Waals surface area contributed by atoms with Gasteiger partial charge in [0.05, 0.1) is 20.0 Å². The molecule has 3 rings (SSSR count). The molecule has 19 heavy (non-hydrogen) atoms. The molecule has 0 saturated heterocycles. The third-order valence-corrected chi connectivity index (χ3v) is 3.97. The Labute approximate surface area is 124 Å². The number of hydrogen-bond acceptors (Lipinski definition) is 1. The number of hydrogen-bond donors (Lipinski definition) is 1. The van der Waals surface area contributed by atoms with Gasteiger partial charge in [0.15, 0.2) is 0 Å². The third kappa shape index (κ3) is 2.30. The van der Waals surface area contributed by atoms with E-state index in [9.17, 15) is 8.78 Å². The van der Waals surface area contributed by atoms with Gasteiger partial charge in [-0.25, -0.2) is 13.8 Å². The molecule has 1 heterocycles. The van der Waals surface area contributed by atoms with E-state index in [0.29, 0.717) is 31.4 Å². The molecule has 0 amide bonds. The summed E-state index contributed by atoms with van der Waals surface area (Å²) < 4.78 is 27.6. The summed E-state index contributed by atoms with van der Waals surface area (Å²) in [6.07, 6.45) is 0. The Bertz CT molecular complexity index is 745. The molecule has 1 aromatic heterocycles. The van der Waals surface area contributed by atoms with Crippen LogP contribution < -0.4 is 0 Å². The van der Waals surface area contributed by atoms with E-state index >= 15 is 0 Å². The van der Waals surface area contributed by atoms with E-state index in [1.165, 1.54) is 12.1 Å². The van der Waals surface area contributed by atoms with Crippen LogP contribution in [0.4, 0.5) is 8.78 Å². The molecule has 0 aliphatic carbocycles. The number of nitrogens with one attached hydrogen (secondary N) is 1. The minimum absolute atomic E-state index is 0.347. The first-order valence-electron chi connectivity index (χ1n) is 5.35. The molecule has 2 aromatic carbocycles. The second-order valence-corrected chi connectivity index (χ2v) is 5.71. The van der Waals surface area contributed by atoms with Crippen LogP contribution in [0, 0.1) is 11.6 Å². The lowest BCUT2D eigenvalue weighted by Gasteiger charge is -1.98. The van der Waals surface area contributed by atoms with Gasteiger partial charge in [0.1, 0.15) is 17.5 Å². The number of fused-ring (bicyclic) bond motifs is 1. The molecule has 0 fully saturated rings. The van der Waals surface area contributed by atoms with Gasteiger partial charge in [-0.15, -0.1) is 0 Å². The molecule has 0 radical (unpaired) electrons. The third-order valence-electron chi connectivity index (χ3n) is 2.72. The summed E-state index contributed by atoms with van der Waals surface area (Å²) in [6.45, 7) is 0. The number of aromatic amines is 1. The topological polar surface area (TPSA) is 28.7 Å². The average molecular weight is 388 g/mol. The van der Waals surface area contributed by atoms with Crippen molar-refractivity contribution >= 4 is 42.9 Å². The Morgan fingerprint density at radius 3 is 2.42 bits per heavy atom. The highest BCUT2D eigenvalue weighted by atomic mass is 79.9. The predicted octanol–water partition coefficient (Wildman–Crippen LogP) is 5.03. The van der Waals surface area contributed by atoms with Crippen molar-refractivity contribution in [3.05, 3.63) is 50.9 Å². The van der Waals surface area contributed by atoms with E-state index < -0.39 is 0 Å². The zero-order valence-corrected chi connectivity index (χ0v) is 12.5. The summed E-state index contributed by atoms with van der Waals surface area (Å²) in [6, 6.07) is 7.64. The van der Waals surface area contributed by atoms with Gasteiger partial charge < -0.3 is 4.98 Å². The molecule has 1 N–H and O–H groups in total. The highest BCUT2D eigenvalue weighted by Gasteiger charge is 2.10. The van der Waals surface area contributed by atoms with Gasteiger partial charge in [0, 0.05) is 11.6 Å². The molecular weight excluding hydrogens is 382 g/mol. The first-order chi connectivity index (χ1) is 9.04. The number of H-pyrrole nitrogens is 1. The molecule has 0 bridgehead atoms. The van der Waals surface area contributed by atoms with E-state index in [1.807, 2.05) is 0 Å². The van der Waals surface area contributed by atoms with Gasteiger partial charge in [0.2, 0.25) is 0 Å². The summed E-state index contributed by atoms with van der Waals surface area (Å²) in [5.41, 5.74) is 1.79. The van der Waals surface area contributed by atoms with E-state index in [1.54, 1.807) is 18.2 Å². The molecular formula is C13H6Br2F2N2. The second kappa shape index (κ2) is 4.68. The SMILES string of the molecule is Fc1cc(-c2nc3cc(Br)c(F)cc3[nH]2)ccc1Br. The highest BCUT2D eigenvalue weighted by Crippen LogP contribution is 2.27. The van der Waals surface area contributed by atoms with E-state index in [4.69, 9.17) is 0 Å². The predicted molar refractivity (Wildman–Crippen MR) is 76.8 cm³/mol. The van der Waals surface area contributed by atoms with Crippen LogP contribution in [0.5, 0.6) is 0 Å². The van der Waals surface area contributed by atoms with Crippen molar-refractivity contribution in [3.63, 3.8) is 0 Å². The van der Waals surface area contributed by atoms with Crippen LogP contribution in [0.2, 0.25) is 0 Å². The summed E-state index contributed by atoms with van der Waals surface area (Å²) in [5.74, 6) is -0.242. The van der Waals surface area contributed by atoms with Gasteiger partial charge in [-0.2, -0.15) is 0 Å². The summed E-state index contributed by atoms with van der Waals surface area (Å²) in [5, 5.41) is 0. The largest absolute Gasteiger partial charge is 0.338 e. The summed E-state index contributed by atoms with van der Waals surface area (Å²) >= 11 is 6.20. The first-order valence-corrected chi connectivity index (χ1v) is 6.93. The highest BCUT2D eigenvalue weighted by molar-refractivity contribution is 9.10. The van der Waals surface area contributed by atoms with Crippen molar-refractivity contribution in [1.29, 1.82) is 0 Å². The lowest BCUT2D eigenvalue weighted by Crippen LogP contribution is -1.83. The van der Waals surface area contributed by atoms with Crippen LogP contribution in [0.25, 0.3) is 22.4 Å². The molecule has 0 aliphatic rings. The Balaban J connectivity index is 2.17. The Hall–Kier alpha value is -1.27. The van der Waals surface area contributed by atoms with Crippen LogP contribution in [0.1, 0.15) is 0 Å². The zero-order valence-electron chi connectivity index (χ0n) is 9.35. The van der Waals surface area contributed by atoms with E-state index in [2.05, 4.69) is 41.8 Å². The molecule has 2 nitrogen and oxygen atoms in total. The standard InChI is InChI=1S/C13H6Br2F2N2/c14-7-2-1-6(3-9(7)16)13-18-11-4-8(15)10(17)5-12(11)19-13/h1-5H,(H,18,19). The van der Waals surface area contributed by atoms with Crippen molar-refractivity contribution < 1.29 is 8.78 Å². The fourth-order valence-electron chi connectivity index (χ4n) is 1.79. The summed E-state index contributed by atoms with van der Waals surface area (Å²) in [7, 11) is 0. The fraction of sp³-hybridized carbons (Fsp3) is 0. The maximum atomic E-state index is 13.5. The van der Waals surface area contributed by atoms with Crippen LogP contribution in [-0.2, 0) is 0 Å². The van der Waals surface area contributed by atoms with Crippen LogP contribution >= 0.6 is 31.9 Å². The lowest BCUT2D eigenvalue weighted by atomic mass is 10.2. The van der Waals surface area contributed by atoms with Crippen molar-refractivity contribution in [1.82, 2.24) is 9.97 Å².